The number of amidine groups is 8. The summed E-state index contributed by atoms with van der Waals surface area (Å²) in [7, 11) is 61.9. The van der Waals surface area contributed by atoms with Crippen LogP contribution in [0.1, 0.15) is 62.3 Å². The SMILES string of the molecule is C/C(=N\N(C)C)N(C)C.C/C(=N\N(C)C)N(C)C.C/C(=N\N(C)C)N(C)C.C/C(=N\N(C)C)N(C)N(C)C.C=C(C)N(C)C.CN=C(C)N(C)C.CN=C(C)N(C)C.CN=C(C)N(C)C.CN=C(C)N(C)N(C)C. The van der Waals surface area contributed by atoms with Gasteiger partial charge in [-0.3, -0.25) is 30.0 Å². The molecule has 0 aliphatic rings. The molecule has 0 rings (SSSR count). The van der Waals surface area contributed by atoms with Crippen molar-refractivity contribution in [1.29, 1.82) is 0 Å². The first-order valence-electron chi connectivity index (χ1n) is 24.2. The van der Waals surface area contributed by atoms with E-state index in [9.17, 15) is 0 Å². The topological polar surface area (TPSA) is 147 Å². The number of aliphatic imine (C=N–C) groups is 4. The molecule has 0 spiro atoms. The highest BCUT2D eigenvalue weighted by Crippen LogP contribution is 1.92. The van der Waals surface area contributed by atoms with Crippen LogP contribution in [0.3, 0.4) is 0 Å². The Morgan fingerprint density at radius 1 is 0.230 bits per heavy atom. The van der Waals surface area contributed by atoms with Crippen LogP contribution in [0.2, 0.25) is 0 Å². The van der Waals surface area contributed by atoms with Gasteiger partial charge in [0.2, 0.25) is 0 Å². The molecule has 444 valence electrons. The molecule has 0 aromatic rings. The molecule has 0 aliphatic heterocycles. The molecule has 0 unspecified atom stereocenters. The number of allylic oxidation sites excluding steroid dienone is 1. The first-order valence-corrected chi connectivity index (χ1v) is 24.2. The van der Waals surface area contributed by atoms with Gasteiger partial charge < -0.3 is 54.3 Å². The van der Waals surface area contributed by atoms with Gasteiger partial charge in [-0.15, -0.1) is 0 Å². The maximum absolute atomic E-state index is 4.23. The lowest BCUT2D eigenvalue weighted by Gasteiger charge is -2.26. The Kier molecular flexibility index (Phi) is 63.9. The first-order chi connectivity index (χ1) is 33.3. The molecule has 0 aromatic heterocycles. The third-order valence-corrected chi connectivity index (χ3v) is 9.46. The third-order valence-electron chi connectivity index (χ3n) is 9.46. The molecule has 23 nitrogen and oxygen atoms in total. The Morgan fingerprint density at radius 3 is 0.446 bits per heavy atom. The number of hydrogen-bond donors (Lipinski definition) is 0. The van der Waals surface area contributed by atoms with Crippen molar-refractivity contribution in [3.8, 4) is 0 Å². The van der Waals surface area contributed by atoms with E-state index in [-0.39, 0.29) is 0 Å². The fourth-order valence-corrected chi connectivity index (χ4v) is 2.81. The Morgan fingerprint density at radius 2 is 0.378 bits per heavy atom. The lowest BCUT2D eigenvalue weighted by Crippen LogP contribution is -2.37. The van der Waals surface area contributed by atoms with Crippen LogP contribution in [0.5, 0.6) is 0 Å². The fraction of sp³-hybridized carbons (Fsp3) is 0.804. The van der Waals surface area contributed by atoms with Gasteiger partial charge in [0.1, 0.15) is 29.2 Å². The first kappa shape index (κ1) is 88.1. The zero-order chi connectivity index (χ0) is 61.5. The summed E-state index contributed by atoms with van der Waals surface area (Å²) in [4.78, 5) is 29.6. The minimum atomic E-state index is 0.972. The van der Waals surface area contributed by atoms with Crippen LogP contribution in [0.15, 0.2) is 52.7 Å². The highest BCUT2D eigenvalue weighted by molar-refractivity contribution is 5.81. The molecule has 0 saturated carbocycles. The van der Waals surface area contributed by atoms with Crippen molar-refractivity contribution < 1.29 is 0 Å². The summed E-state index contributed by atoms with van der Waals surface area (Å²) >= 11 is 0. The molecule has 0 atom stereocenters. The average Bonchev–Trinajstić information content (AvgIpc) is 3.27. The Labute approximate surface area is 460 Å². The van der Waals surface area contributed by atoms with Gasteiger partial charge in [-0.1, -0.05) is 6.58 Å². The predicted molar refractivity (Wildman–Crippen MR) is 337 cm³/mol. The van der Waals surface area contributed by atoms with Gasteiger partial charge in [-0.25, -0.2) is 10.0 Å². The smallest absolute Gasteiger partial charge is 0.135 e. The minimum Gasteiger partial charge on any atom is -0.382 e. The van der Waals surface area contributed by atoms with Gasteiger partial charge in [0.05, 0.1) is 17.5 Å². The third kappa shape index (κ3) is 73.0. The van der Waals surface area contributed by atoms with Gasteiger partial charge in [0, 0.05) is 231 Å². The lowest BCUT2D eigenvalue weighted by molar-refractivity contribution is 0.140. The van der Waals surface area contributed by atoms with Crippen molar-refractivity contribution in [2.45, 2.75) is 62.3 Å². The molecule has 0 N–H and O–H groups in total. The highest BCUT2D eigenvalue weighted by Gasteiger charge is 2.02. The van der Waals surface area contributed by atoms with Crippen molar-refractivity contribution >= 4 is 46.7 Å². The minimum absolute atomic E-state index is 0.972. The summed E-state index contributed by atoms with van der Waals surface area (Å²) in [5.74, 6) is 8.19. The van der Waals surface area contributed by atoms with Gasteiger partial charge >= 0.3 is 0 Å². The van der Waals surface area contributed by atoms with Crippen molar-refractivity contribution in [3.05, 3.63) is 12.3 Å². The number of rotatable bonds is 7. The molecule has 0 saturated heterocycles. The van der Waals surface area contributed by atoms with Crippen LogP contribution in [-0.4, -0.2) is 347 Å². The monoisotopic (exact) mass is 1060 g/mol. The molecule has 0 aromatic carbocycles. The summed E-state index contributed by atoms with van der Waals surface area (Å²) in [6, 6.07) is 0. The quantitative estimate of drug-likeness (QED) is 0.193. The summed E-state index contributed by atoms with van der Waals surface area (Å²) in [6.45, 7) is 21.4. The summed E-state index contributed by atoms with van der Waals surface area (Å²) in [5, 5.41) is 31.7. The van der Waals surface area contributed by atoms with E-state index in [0.29, 0.717) is 0 Å². The van der Waals surface area contributed by atoms with E-state index in [0.717, 1.165) is 52.4 Å². The lowest BCUT2D eigenvalue weighted by atomic mass is 10.5. The molecule has 0 bridgehead atoms. The molecule has 0 fully saturated rings. The van der Waals surface area contributed by atoms with Crippen LogP contribution < -0.4 is 0 Å². The summed E-state index contributed by atoms with van der Waals surface area (Å²) in [6.07, 6.45) is 0. The zero-order valence-electron chi connectivity index (χ0n) is 56.5. The molecular weight excluding hydrogens is 935 g/mol. The van der Waals surface area contributed by atoms with Crippen molar-refractivity contribution in [1.82, 2.24) is 74.4 Å². The molecule has 23 heteroatoms. The van der Waals surface area contributed by atoms with Crippen LogP contribution in [0, 0.1) is 0 Å². The van der Waals surface area contributed by atoms with E-state index in [1.54, 1.807) is 48.2 Å². The second kappa shape index (κ2) is 53.7. The highest BCUT2D eigenvalue weighted by atomic mass is 15.6. The number of nitrogens with zero attached hydrogens (tertiary/aromatic N) is 23. The fourth-order valence-electron chi connectivity index (χ4n) is 2.81. The van der Waals surface area contributed by atoms with E-state index in [2.05, 4.69) is 47.0 Å². The zero-order valence-corrected chi connectivity index (χ0v) is 56.5. The van der Waals surface area contributed by atoms with Gasteiger partial charge in [-0.05, 0) is 62.3 Å². The number of hydrazine groups is 2. The molecule has 0 aliphatic carbocycles. The standard InChI is InChI=1S/C7H18N4.4C6H15N3.3C5H12N2.C5H11N/c1-7(8-9(2)3)11(6)10(4)5;3*1-6(8(2)3)7-9(4)5;1-6(7-2)9(5)8(3)4;3*1-5(6-2)7(3)4;1-5(2)6(3)4/h1-6H3;4*1-5H3;3*1-4H3;1H2,2-4H3/b8-7+;3*7-6+;;;;;. The summed E-state index contributed by atoms with van der Waals surface area (Å²) in [5.41, 5.74) is 1.09. The molecule has 74 heavy (non-hydrogen) atoms. The number of hydrazone groups is 4. The summed E-state index contributed by atoms with van der Waals surface area (Å²) < 4.78 is 0. The van der Waals surface area contributed by atoms with E-state index < -0.39 is 0 Å². The van der Waals surface area contributed by atoms with Crippen molar-refractivity contribution in [3.63, 3.8) is 0 Å². The predicted octanol–water partition coefficient (Wildman–Crippen LogP) is 4.93. The maximum atomic E-state index is 4.23. The molecule has 0 heterocycles. The van der Waals surface area contributed by atoms with Crippen LogP contribution >= 0.6 is 0 Å². The second-order valence-electron chi connectivity index (χ2n) is 18.8. The van der Waals surface area contributed by atoms with E-state index in [1.807, 2.05) is 314 Å². The van der Waals surface area contributed by atoms with Crippen LogP contribution in [0.25, 0.3) is 0 Å². The maximum Gasteiger partial charge on any atom is 0.135 e. The molecular formula is C51H125N23. The van der Waals surface area contributed by atoms with Gasteiger partial charge in [0.25, 0.3) is 0 Å². The second-order valence-corrected chi connectivity index (χ2v) is 18.8. The van der Waals surface area contributed by atoms with Crippen LogP contribution in [-0.2, 0) is 0 Å². The van der Waals surface area contributed by atoms with Crippen LogP contribution in [0.4, 0.5) is 0 Å². The Bertz CT molecular complexity index is 1440. The molecule has 0 radical (unpaired) electrons. The molecule has 0 amide bonds. The Balaban J connectivity index is -0.0000000922. The average molecular weight is 1060 g/mol. The normalized spacial score (nSPS) is 11.4. The number of hydrogen-bond acceptors (Lipinski definition) is 15. The van der Waals surface area contributed by atoms with E-state index in [4.69, 9.17) is 0 Å². The van der Waals surface area contributed by atoms with E-state index >= 15 is 0 Å². The van der Waals surface area contributed by atoms with Gasteiger partial charge in [0.15, 0.2) is 0 Å². The van der Waals surface area contributed by atoms with E-state index in [1.165, 1.54) is 0 Å². The van der Waals surface area contributed by atoms with Crippen molar-refractivity contribution in [2.24, 2.45) is 40.4 Å². The van der Waals surface area contributed by atoms with Gasteiger partial charge in [-0.2, -0.15) is 20.4 Å². The Hall–Kier alpha value is -5.58. The van der Waals surface area contributed by atoms with Crippen molar-refractivity contribution in [2.75, 3.05) is 226 Å². The largest absolute Gasteiger partial charge is 0.382 e.